The fourth-order valence-electron chi connectivity index (χ4n) is 13.7. The van der Waals surface area contributed by atoms with Crippen molar-refractivity contribution < 1.29 is 92.3 Å². The second-order valence-electron chi connectivity index (χ2n) is 33.6. The first-order chi connectivity index (χ1) is 61.7. The molecule has 2 rings (SSSR count). The van der Waals surface area contributed by atoms with Crippen molar-refractivity contribution in [3.8, 4) is 5.75 Å². The fourth-order valence-corrected chi connectivity index (χ4v) is 13.7. The molecule has 0 aliphatic heterocycles. The van der Waals surface area contributed by atoms with E-state index in [1.54, 1.807) is 71.9 Å². The van der Waals surface area contributed by atoms with Crippen molar-refractivity contribution in [2.24, 2.45) is 85.1 Å². The average Bonchev–Trinajstić information content (AvgIpc) is 0.848. The van der Waals surface area contributed by atoms with Gasteiger partial charge in [-0.05, 0) is 215 Å². The smallest absolute Gasteiger partial charge is 0.326 e. The number of hydrogen-bond acceptors (Lipinski definition) is 25. The van der Waals surface area contributed by atoms with Crippen molar-refractivity contribution in [3.63, 3.8) is 0 Å². The molecule has 0 spiro atoms. The van der Waals surface area contributed by atoms with Crippen molar-refractivity contribution in [2.75, 3.05) is 52.4 Å². The molecule has 0 radical (unpaired) electrons. The third-order valence-corrected chi connectivity index (χ3v) is 20.8. The van der Waals surface area contributed by atoms with Crippen molar-refractivity contribution in [3.05, 3.63) is 65.7 Å². The summed E-state index contributed by atoms with van der Waals surface area (Å²) in [6, 6.07) is -6.16. The number of nitrogens with one attached hydrogen (secondary N) is 13. The minimum Gasteiger partial charge on any atom is -0.508 e. The van der Waals surface area contributed by atoms with E-state index in [2.05, 4.69) is 79.1 Å². The molecule has 0 saturated heterocycles. The Balaban J connectivity index is 2.60. The summed E-state index contributed by atoms with van der Waals surface area (Å²) in [6.45, 7) is 10.5. The first-order valence-corrected chi connectivity index (χ1v) is 44.9. The highest BCUT2D eigenvalue weighted by molar-refractivity contribution is 6.00. The van der Waals surface area contributed by atoms with Gasteiger partial charge in [-0.3, -0.25) is 77.1 Å². The quantitative estimate of drug-likeness (QED) is 0.0169. The molecule has 14 atom stereocenters. The van der Waals surface area contributed by atoms with Gasteiger partial charge in [-0.25, -0.2) is 4.79 Å². The van der Waals surface area contributed by atoms with E-state index in [0.29, 0.717) is 62.6 Å². The number of rotatable bonds is 69. The van der Waals surface area contributed by atoms with Gasteiger partial charge in [-0.1, -0.05) is 90.4 Å². The van der Waals surface area contributed by atoms with E-state index in [1.165, 1.54) is 24.3 Å². The van der Waals surface area contributed by atoms with E-state index in [-0.39, 0.29) is 184 Å². The summed E-state index contributed by atoms with van der Waals surface area (Å²) >= 11 is 0. The maximum Gasteiger partial charge on any atom is 0.326 e. The highest BCUT2D eigenvalue weighted by Gasteiger charge is 2.39. The van der Waals surface area contributed by atoms with Crippen LogP contribution < -0.4 is 126 Å². The van der Waals surface area contributed by atoms with Gasteiger partial charge in [0.05, 0.1) is 12.6 Å². The number of phenols is 1. The fraction of sp³-hybridized carbons (Fsp3) is 0.663. The van der Waals surface area contributed by atoms with Gasteiger partial charge >= 0.3 is 11.9 Å². The number of nitrogens with zero attached hydrogens (tertiary/aromatic N) is 2. The summed E-state index contributed by atoms with van der Waals surface area (Å²) in [5, 5.41) is 75.0. The number of aromatic hydroxyl groups is 1. The zero-order valence-corrected chi connectivity index (χ0v) is 76.1. The molecule has 44 nitrogen and oxygen atoms in total. The summed E-state index contributed by atoms with van der Waals surface area (Å²) in [7, 11) is 0. The van der Waals surface area contributed by atoms with E-state index in [9.17, 15) is 92.3 Å². The minimum absolute atomic E-state index is 0.0173. The number of carboxylic acids is 2. The molecule has 130 heavy (non-hydrogen) atoms. The molecule has 0 aliphatic rings. The van der Waals surface area contributed by atoms with Gasteiger partial charge < -0.3 is 147 Å². The van der Waals surface area contributed by atoms with Crippen LogP contribution in [0.25, 0.3) is 0 Å². The number of phenolic OH excluding ortho intramolecular Hbond substituents is 1. The molecular weight excluding hydrogens is 1690 g/mol. The number of guanidine groups is 2. The van der Waals surface area contributed by atoms with Gasteiger partial charge in [0.15, 0.2) is 11.9 Å². The lowest BCUT2D eigenvalue weighted by molar-refractivity contribution is -0.142. The summed E-state index contributed by atoms with van der Waals surface area (Å²) in [4.78, 5) is 221. The lowest BCUT2D eigenvalue weighted by atomic mass is 9.99. The number of aliphatic imine (C=N–C) groups is 2. The van der Waals surface area contributed by atoms with Crippen LogP contribution in [0.5, 0.6) is 5.75 Å². The van der Waals surface area contributed by atoms with Crippen LogP contribution in [0.4, 0.5) is 0 Å². The van der Waals surface area contributed by atoms with Crippen LogP contribution in [0.15, 0.2) is 64.6 Å². The Morgan fingerprint density at radius 2 is 0.562 bits per heavy atom. The third-order valence-electron chi connectivity index (χ3n) is 20.8. The molecule has 0 fully saturated rings. The largest absolute Gasteiger partial charge is 0.508 e. The van der Waals surface area contributed by atoms with Gasteiger partial charge in [0.1, 0.15) is 84.3 Å². The molecule has 13 amide bonds. The molecule has 37 N–H and O–H groups in total. The molecule has 732 valence electrons. The number of benzene rings is 2. The summed E-state index contributed by atoms with van der Waals surface area (Å²) in [5.74, 6) is -16.1. The highest BCUT2D eigenvalue weighted by atomic mass is 16.4. The van der Waals surface area contributed by atoms with E-state index in [0.717, 1.165) is 0 Å². The first kappa shape index (κ1) is 115. The third kappa shape index (κ3) is 47.7. The predicted molar refractivity (Wildman–Crippen MR) is 489 cm³/mol. The minimum atomic E-state index is -1.81. The zero-order chi connectivity index (χ0) is 97.4. The van der Waals surface area contributed by atoms with Crippen molar-refractivity contribution >= 4 is 101 Å². The maximum atomic E-state index is 14.9. The van der Waals surface area contributed by atoms with Gasteiger partial charge in [0.2, 0.25) is 76.8 Å². The van der Waals surface area contributed by atoms with Crippen LogP contribution in [-0.2, 0) is 84.8 Å². The van der Waals surface area contributed by atoms with Crippen LogP contribution >= 0.6 is 0 Å². The SMILES string of the molecule is CC(C)C[C@H](NC(=O)[C@H](CO)NC(=O)[C@H](CCCCN)NC(=O)[C@H](CCCCN)NC(=O)[C@H](CC(C)C)NC(=O)[C@H](CCC(=O)O)NC(=O)[C@H](CCCCN)NC(=O)[C@H](Cc1ccccc1)NC(=O)[C@H](CC(C)C)NC(=O)[C@H](CCCN=C(N)N)NC(=O)[C@@H](N)CCCCN)C(=O)N[C@@H](CCCN=C(N)N)C(=O)N[C@@H](CCCCN)C(=O)N[C@@H](Cc1ccc(O)cc1)C(=O)O. The lowest BCUT2D eigenvalue weighted by Crippen LogP contribution is -2.61. The molecule has 2 aromatic carbocycles. The second kappa shape index (κ2) is 64.3. The van der Waals surface area contributed by atoms with E-state index in [1.807, 2.05) is 0 Å². The molecular formula is C86H149N25O19. The Labute approximate surface area is 760 Å². The van der Waals surface area contributed by atoms with E-state index >= 15 is 0 Å². The Kier molecular flexibility index (Phi) is 56.7. The monoisotopic (exact) mass is 1840 g/mol. The number of amides is 13. The Morgan fingerprint density at radius 3 is 0.869 bits per heavy atom. The number of carboxylic acid groups (broad SMARTS) is 2. The van der Waals surface area contributed by atoms with E-state index < -0.39 is 193 Å². The van der Waals surface area contributed by atoms with Crippen LogP contribution in [0.3, 0.4) is 0 Å². The Bertz CT molecular complexity index is 3900. The number of nitrogens with two attached hydrogens (primary N) is 10. The molecule has 44 heteroatoms. The number of carbonyl (C=O) groups is 15. The number of unbranched alkanes of at least 4 members (excludes halogenated alkanes) is 5. The zero-order valence-electron chi connectivity index (χ0n) is 76.1. The van der Waals surface area contributed by atoms with Crippen molar-refractivity contribution in [2.45, 2.75) is 293 Å². The van der Waals surface area contributed by atoms with E-state index in [4.69, 9.17) is 57.3 Å². The summed E-state index contributed by atoms with van der Waals surface area (Å²) in [5.41, 5.74) is 58.5. The number of aliphatic hydroxyl groups is 1. The van der Waals surface area contributed by atoms with Gasteiger partial charge in [-0.2, -0.15) is 0 Å². The van der Waals surface area contributed by atoms with Crippen molar-refractivity contribution in [1.29, 1.82) is 0 Å². The Morgan fingerprint density at radius 1 is 0.308 bits per heavy atom. The Hall–Kier alpha value is -11.5. The first-order valence-electron chi connectivity index (χ1n) is 44.9. The van der Waals surface area contributed by atoms with Crippen molar-refractivity contribution in [1.82, 2.24) is 69.1 Å². The van der Waals surface area contributed by atoms with Gasteiger partial charge in [0.25, 0.3) is 0 Å². The number of hydrogen-bond donors (Lipinski definition) is 27. The summed E-state index contributed by atoms with van der Waals surface area (Å²) < 4.78 is 0. The topological polar surface area (TPSA) is 778 Å². The normalized spacial score (nSPS) is 14.5. The second-order valence-corrected chi connectivity index (χ2v) is 33.6. The molecule has 2 aromatic rings. The molecule has 0 heterocycles. The van der Waals surface area contributed by atoms with Gasteiger partial charge in [0, 0.05) is 32.4 Å². The van der Waals surface area contributed by atoms with Crippen LogP contribution in [0, 0.1) is 17.8 Å². The number of aliphatic hydroxyl groups excluding tert-OH is 1. The average molecular weight is 1840 g/mol. The lowest BCUT2D eigenvalue weighted by Gasteiger charge is -2.29. The summed E-state index contributed by atoms with van der Waals surface area (Å²) in [6.07, 6.45) is 1.76. The standard InChI is InChI=1S/C86H149N25O19/c1-50(2)44-64(107-78(123)63(35-36-70(114)115)105-73(118)58(26-12-17-39-89)103-82(127)67(47-53-22-8-7-9-23-53)109-81(126)66(46-52(5)6)106-75(120)61(29-20-42-97-85(93)94)99-71(116)56(92)24-10-15-37-87)79(124)102-57(25-11-16-38-88)72(117)101-60(28-14-19-41-91)77(122)111-69(49-112)83(128)108-65(45-51(3)4)80(125)104-62(30-21-43-98-86(95)96)74(119)100-59(27-13-18-40-90)76(121)110-68(84(129)130)48-54-31-33-55(113)34-32-54/h7-9,22-23,31-34,50-52,56-69,112-113H,10-21,24-30,35-49,87-92H2,1-6H3,(H,99,116)(H,100,119)(H,101,117)(H,102,124)(H,103,127)(H,104,125)(H,105,118)(H,106,120)(H,107,123)(H,108,128)(H,109,126)(H,110,121)(H,111,122)(H,114,115)(H,129,130)(H4,93,94,97)(H4,95,96,98)/t56-,57-,58-,59-,60-,61-,62-,63-,64-,65-,66-,67-,68-,69-/m0/s1. The molecule has 0 saturated carbocycles. The predicted octanol–water partition coefficient (Wildman–Crippen LogP) is -4.36. The van der Waals surface area contributed by atoms with Gasteiger partial charge in [-0.15, -0.1) is 0 Å². The maximum absolute atomic E-state index is 14.9. The van der Waals surface area contributed by atoms with Crippen LogP contribution in [0.1, 0.15) is 207 Å². The molecule has 0 bridgehead atoms. The molecule has 0 aromatic heterocycles. The number of aliphatic carboxylic acids is 2. The number of carbonyl (C=O) groups excluding carboxylic acids is 13. The molecule has 0 unspecified atom stereocenters. The molecule has 0 aliphatic carbocycles. The highest BCUT2D eigenvalue weighted by Crippen LogP contribution is 2.18. The van der Waals surface area contributed by atoms with Crippen LogP contribution in [-0.4, -0.2) is 258 Å². The van der Waals surface area contributed by atoms with Crippen LogP contribution in [0.2, 0.25) is 0 Å².